The summed E-state index contributed by atoms with van der Waals surface area (Å²) >= 11 is 5.52. The summed E-state index contributed by atoms with van der Waals surface area (Å²) in [5, 5.41) is 8.98. The third-order valence-corrected chi connectivity index (χ3v) is 1.34. The van der Waals surface area contributed by atoms with E-state index in [1.54, 1.807) is 12.1 Å². The van der Waals surface area contributed by atoms with Gasteiger partial charge in [0.1, 0.15) is 0 Å². The van der Waals surface area contributed by atoms with Crippen LogP contribution in [0.2, 0.25) is 5.02 Å². The minimum absolute atomic E-state index is 0. The van der Waals surface area contributed by atoms with Gasteiger partial charge in [0, 0.05) is 34.6 Å². The van der Waals surface area contributed by atoms with Crippen LogP contribution < -0.4 is 0 Å². The third-order valence-electron chi connectivity index (χ3n) is 1.09. The summed E-state index contributed by atoms with van der Waals surface area (Å²) < 4.78 is 0. The van der Waals surface area contributed by atoms with Crippen molar-refractivity contribution < 1.29 is 9.90 Å². The number of benzene rings is 1. The summed E-state index contributed by atoms with van der Waals surface area (Å²) in [6.07, 6.45) is 0. The van der Waals surface area contributed by atoms with Crippen LogP contribution in [0, 0.1) is 0 Å². The van der Waals surface area contributed by atoms with Crippen molar-refractivity contribution in [3.63, 3.8) is 0 Å². The Labute approximate surface area is 91.5 Å². The summed E-state index contributed by atoms with van der Waals surface area (Å²) in [5.74, 6) is -0.934. The molecule has 0 spiro atoms. The molecule has 1 rings (SSSR count). The number of carbonyl (C=O) groups is 1. The largest absolute Gasteiger partial charge is 0.478 e. The molecule has 0 aromatic heterocycles. The molecule has 1 aromatic rings. The van der Waals surface area contributed by atoms with Crippen LogP contribution in [0.3, 0.4) is 0 Å². The molecule has 0 unspecified atom stereocenters. The molecule has 2 nitrogen and oxygen atoms in total. The number of aromatic carboxylic acids is 1. The van der Waals surface area contributed by atoms with Crippen LogP contribution in [0.1, 0.15) is 10.4 Å². The van der Waals surface area contributed by atoms with Gasteiger partial charge in [-0.1, -0.05) is 11.6 Å². The van der Waals surface area contributed by atoms with Crippen molar-refractivity contribution in [1.29, 1.82) is 0 Å². The standard InChI is InChI=1S/C7H5ClO2.Na/c8-6-3-1-5(2-4-6)7(9)10;/h1-4H,(H,9,10);. The second kappa shape index (κ2) is 4.78. The third kappa shape index (κ3) is 3.25. The van der Waals surface area contributed by atoms with E-state index in [9.17, 15) is 4.79 Å². The number of carboxylic acid groups (broad SMARTS) is 1. The number of hydrogen-bond donors (Lipinski definition) is 1. The molecule has 1 aromatic carbocycles. The van der Waals surface area contributed by atoms with Gasteiger partial charge in [-0.05, 0) is 24.3 Å². The van der Waals surface area contributed by atoms with Crippen LogP contribution >= 0.6 is 11.6 Å². The Morgan fingerprint density at radius 3 is 2.09 bits per heavy atom. The van der Waals surface area contributed by atoms with E-state index < -0.39 is 5.97 Å². The van der Waals surface area contributed by atoms with E-state index in [1.165, 1.54) is 12.1 Å². The molecular formula is C7H5ClNaO2. The second-order valence-corrected chi connectivity index (χ2v) is 2.25. The predicted molar refractivity (Wildman–Crippen MR) is 44.2 cm³/mol. The van der Waals surface area contributed by atoms with Crippen molar-refractivity contribution in [1.82, 2.24) is 0 Å². The van der Waals surface area contributed by atoms with Gasteiger partial charge in [-0.15, -0.1) is 0 Å². The van der Waals surface area contributed by atoms with E-state index in [0.717, 1.165) is 0 Å². The van der Waals surface area contributed by atoms with Gasteiger partial charge in [0.05, 0.1) is 5.56 Å². The maximum atomic E-state index is 10.3. The first-order chi connectivity index (χ1) is 4.70. The average molecular weight is 180 g/mol. The van der Waals surface area contributed by atoms with E-state index >= 15 is 0 Å². The van der Waals surface area contributed by atoms with Gasteiger partial charge in [-0.25, -0.2) is 4.79 Å². The van der Waals surface area contributed by atoms with Crippen LogP contribution in [0.5, 0.6) is 0 Å². The monoisotopic (exact) mass is 179 g/mol. The molecule has 0 heterocycles. The summed E-state index contributed by atoms with van der Waals surface area (Å²) in [6.45, 7) is 0. The second-order valence-electron chi connectivity index (χ2n) is 1.81. The Morgan fingerprint density at radius 2 is 1.73 bits per heavy atom. The van der Waals surface area contributed by atoms with Crippen molar-refractivity contribution in [2.45, 2.75) is 0 Å². The van der Waals surface area contributed by atoms with Crippen molar-refractivity contribution in [2.75, 3.05) is 0 Å². The van der Waals surface area contributed by atoms with Crippen LogP contribution in [-0.2, 0) is 0 Å². The Kier molecular flexibility index (Phi) is 4.77. The summed E-state index contributed by atoms with van der Waals surface area (Å²) in [4.78, 5) is 10.3. The van der Waals surface area contributed by atoms with Gasteiger partial charge in [0.25, 0.3) is 0 Å². The quantitative estimate of drug-likeness (QED) is 0.666. The molecule has 0 atom stereocenters. The molecule has 11 heavy (non-hydrogen) atoms. The Morgan fingerprint density at radius 1 is 1.27 bits per heavy atom. The molecule has 0 saturated heterocycles. The van der Waals surface area contributed by atoms with Crippen molar-refractivity contribution in [2.24, 2.45) is 0 Å². The molecule has 1 radical (unpaired) electrons. The first kappa shape index (κ1) is 11.0. The minimum Gasteiger partial charge on any atom is -0.478 e. The molecule has 0 saturated carbocycles. The molecule has 4 heteroatoms. The topological polar surface area (TPSA) is 37.3 Å². The zero-order valence-corrected chi connectivity index (χ0v) is 8.80. The number of halogens is 1. The molecule has 0 aliphatic rings. The van der Waals surface area contributed by atoms with Crippen LogP contribution in [0.15, 0.2) is 24.3 Å². The Balaban J connectivity index is 0.000001000. The smallest absolute Gasteiger partial charge is 0.335 e. The molecule has 0 aliphatic heterocycles. The van der Waals surface area contributed by atoms with Crippen LogP contribution in [0.25, 0.3) is 0 Å². The van der Waals surface area contributed by atoms with Gasteiger partial charge < -0.3 is 5.11 Å². The van der Waals surface area contributed by atoms with Gasteiger partial charge in [-0.2, -0.15) is 0 Å². The fourth-order valence-electron chi connectivity index (χ4n) is 0.592. The van der Waals surface area contributed by atoms with Crippen LogP contribution in [-0.4, -0.2) is 40.6 Å². The fraction of sp³-hybridized carbons (Fsp3) is 0. The SMILES string of the molecule is O=C(O)c1ccc(Cl)cc1.[Na]. The van der Waals surface area contributed by atoms with Crippen molar-refractivity contribution in [3.8, 4) is 0 Å². The zero-order valence-electron chi connectivity index (χ0n) is 6.04. The van der Waals surface area contributed by atoms with Crippen molar-refractivity contribution >= 4 is 47.1 Å². The van der Waals surface area contributed by atoms with E-state index in [0.29, 0.717) is 5.02 Å². The zero-order chi connectivity index (χ0) is 7.56. The Bertz CT molecular complexity index is 245. The maximum absolute atomic E-state index is 10.3. The van der Waals surface area contributed by atoms with Gasteiger partial charge >= 0.3 is 5.97 Å². The van der Waals surface area contributed by atoms with Crippen molar-refractivity contribution in [3.05, 3.63) is 34.9 Å². The van der Waals surface area contributed by atoms with Gasteiger partial charge in [0.2, 0.25) is 0 Å². The number of rotatable bonds is 1. The maximum Gasteiger partial charge on any atom is 0.335 e. The summed E-state index contributed by atoms with van der Waals surface area (Å²) in [7, 11) is 0. The normalized spacial score (nSPS) is 8.45. The molecule has 0 fully saturated rings. The predicted octanol–water partition coefficient (Wildman–Crippen LogP) is 1.66. The molecule has 53 valence electrons. The number of hydrogen-bond acceptors (Lipinski definition) is 1. The fourth-order valence-corrected chi connectivity index (χ4v) is 0.718. The molecule has 0 amide bonds. The molecule has 0 aliphatic carbocycles. The van der Waals surface area contributed by atoms with Crippen LogP contribution in [0.4, 0.5) is 0 Å². The minimum atomic E-state index is -0.934. The molecule has 0 bridgehead atoms. The summed E-state index contributed by atoms with van der Waals surface area (Å²) in [5.41, 5.74) is 0.254. The first-order valence-electron chi connectivity index (χ1n) is 2.69. The van der Waals surface area contributed by atoms with E-state index in [2.05, 4.69) is 0 Å². The molecule has 1 N–H and O–H groups in total. The van der Waals surface area contributed by atoms with Gasteiger partial charge in [-0.3, -0.25) is 0 Å². The van der Waals surface area contributed by atoms with E-state index in [-0.39, 0.29) is 35.1 Å². The molecular weight excluding hydrogens is 175 g/mol. The summed E-state index contributed by atoms with van der Waals surface area (Å²) in [6, 6.07) is 6.02. The van der Waals surface area contributed by atoms with Gasteiger partial charge in [0.15, 0.2) is 0 Å². The first-order valence-corrected chi connectivity index (χ1v) is 3.07. The average Bonchev–Trinajstić information content (AvgIpc) is 1.88. The number of carboxylic acids is 1. The van der Waals surface area contributed by atoms with E-state index in [4.69, 9.17) is 16.7 Å². The van der Waals surface area contributed by atoms with E-state index in [1.807, 2.05) is 0 Å². The Hall–Kier alpha value is -0.0200.